The molecular weight excluding hydrogens is 496 g/mol. The first kappa shape index (κ1) is 25.4. The Bertz CT molecular complexity index is 1420. The number of carbonyl (C=O) groups excluding carboxylic acids is 2. The van der Waals surface area contributed by atoms with Gasteiger partial charge >= 0.3 is 0 Å². The molecule has 201 valence electrons. The molecule has 2 fully saturated rings. The minimum absolute atomic E-state index is 0.181. The average molecular weight is 528 g/mol. The highest BCUT2D eigenvalue weighted by atomic mass is 16.4. The number of oxime groups is 1. The van der Waals surface area contributed by atoms with Crippen LogP contribution in [0.1, 0.15) is 55.8 Å². The molecule has 2 amide bonds. The molecule has 0 saturated carbocycles. The second-order valence-electron chi connectivity index (χ2n) is 10.5. The summed E-state index contributed by atoms with van der Waals surface area (Å²) in [6.07, 6.45) is 10.3. The van der Waals surface area contributed by atoms with Crippen molar-refractivity contribution in [1.82, 2.24) is 25.0 Å². The minimum Gasteiger partial charge on any atom is -0.411 e. The number of likely N-dealkylation sites (tertiary alicyclic amines) is 1. The molecule has 1 aliphatic carbocycles. The van der Waals surface area contributed by atoms with Crippen LogP contribution in [0.5, 0.6) is 0 Å². The van der Waals surface area contributed by atoms with Crippen LogP contribution in [0.3, 0.4) is 0 Å². The smallest absolute Gasteiger partial charge is 0.231 e. The second kappa shape index (κ2) is 10.7. The lowest BCUT2D eigenvalue weighted by Crippen LogP contribution is -2.55. The number of nitrogens with zero attached hydrogens (tertiary/aromatic N) is 5. The van der Waals surface area contributed by atoms with Gasteiger partial charge in [-0.05, 0) is 61.8 Å². The number of nitrogens with one attached hydrogen (secondary N) is 1. The van der Waals surface area contributed by atoms with E-state index < -0.39 is 18.6 Å². The summed E-state index contributed by atoms with van der Waals surface area (Å²) < 4.78 is 1.95. The maximum atomic E-state index is 12.7. The van der Waals surface area contributed by atoms with Crippen LogP contribution in [0.15, 0.2) is 54.1 Å². The van der Waals surface area contributed by atoms with Crippen LogP contribution in [-0.2, 0) is 21.1 Å². The van der Waals surface area contributed by atoms with E-state index in [9.17, 15) is 19.9 Å². The van der Waals surface area contributed by atoms with E-state index in [1.54, 1.807) is 12.4 Å². The number of fused-ring (bicyclic) bond motifs is 1. The summed E-state index contributed by atoms with van der Waals surface area (Å²) in [5.74, 6) is -1.14. The topological polar surface area (TPSA) is 133 Å². The van der Waals surface area contributed by atoms with Crippen molar-refractivity contribution < 1.29 is 19.9 Å². The predicted octanol–water partition coefficient (Wildman–Crippen LogP) is 3.57. The molecule has 39 heavy (non-hydrogen) atoms. The molecule has 2 aliphatic heterocycles. The standard InChI is InChI=1S/C29H31N6O4/c36-17-25(22-7-9-26(37)31-29(22)38)34-14-2-1-3-27(34)35-16-23(28(32-35)18-10-12-30-13-11-18)20-4-6-21-19(15-20)5-8-24(21)33-39/h4,6,10-13,15-16,22,25,27,39H,1-3,5,7-9,14,17H2,(H,31,37,38)/b33-24+. The lowest BCUT2D eigenvalue weighted by Gasteiger charge is -2.43. The van der Waals surface area contributed by atoms with Gasteiger partial charge in [0.2, 0.25) is 11.8 Å². The number of hydrogen-bond acceptors (Lipinski definition) is 7. The first-order valence-corrected chi connectivity index (χ1v) is 13.6. The minimum atomic E-state index is -0.519. The van der Waals surface area contributed by atoms with Gasteiger partial charge < -0.3 is 5.21 Å². The van der Waals surface area contributed by atoms with Gasteiger partial charge in [0, 0.05) is 54.3 Å². The van der Waals surface area contributed by atoms with Crippen molar-refractivity contribution in [1.29, 1.82) is 0 Å². The molecule has 3 atom stereocenters. The van der Waals surface area contributed by atoms with Gasteiger partial charge in [0.05, 0.1) is 18.2 Å². The fourth-order valence-electron chi connectivity index (χ4n) is 6.35. The highest BCUT2D eigenvalue weighted by Crippen LogP contribution is 2.38. The molecular formula is C29H31N6O4. The van der Waals surface area contributed by atoms with Crippen molar-refractivity contribution in [2.45, 2.75) is 57.2 Å². The first-order valence-electron chi connectivity index (χ1n) is 13.6. The number of aromatic nitrogens is 3. The van der Waals surface area contributed by atoms with Crippen LogP contribution in [0, 0.1) is 5.92 Å². The zero-order valence-electron chi connectivity index (χ0n) is 21.6. The Balaban J connectivity index is 1.40. The summed E-state index contributed by atoms with van der Waals surface area (Å²) >= 11 is 0. The Morgan fingerprint density at radius 1 is 1.03 bits per heavy atom. The highest BCUT2D eigenvalue weighted by molar-refractivity contribution is 6.04. The number of pyridine rings is 1. The largest absolute Gasteiger partial charge is 0.411 e. The van der Waals surface area contributed by atoms with Crippen LogP contribution in [0.2, 0.25) is 0 Å². The van der Waals surface area contributed by atoms with E-state index >= 15 is 0 Å². The van der Waals surface area contributed by atoms with E-state index in [1.165, 1.54) is 0 Å². The normalized spacial score (nSPS) is 23.6. The summed E-state index contributed by atoms with van der Waals surface area (Å²) in [5, 5.41) is 32.8. The molecule has 0 bridgehead atoms. The van der Waals surface area contributed by atoms with E-state index in [0.29, 0.717) is 25.1 Å². The Morgan fingerprint density at radius 3 is 2.64 bits per heavy atom. The molecule has 4 heterocycles. The van der Waals surface area contributed by atoms with E-state index in [0.717, 1.165) is 59.2 Å². The fraction of sp³-hybridized carbons (Fsp3) is 0.414. The lowest BCUT2D eigenvalue weighted by molar-refractivity contribution is -0.141. The Hall–Kier alpha value is -3.89. The SMILES string of the molecule is [O]CC(C1CCC(=O)NC1=O)N1CCCCC1n1cc(-c2ccc3c(c2)CC/C3=N\O)c(-c2ccncc2)n1. The molecule has 2 aromatic heterocycles. The molecule has 1 aromatic carbocycles. The predicted molar refractivity (Wildman–Crippen MR) is 142 cm³/mol. The molecule has 10 heteroatoms. The average Bonchev–Trinajstić information content (AvgIpc) is 3.59. The summed E-state index contributed by atoms with van der Waals surface area (Å²) in [7, 11) is 0. The number of aryl methyl sites for hydroxylation is 1. The Labute approximate surface area is 226 Å². The lowest BCUT2D eigenvalue weighted by atomic mass is 9.88. The molecule has 3 unspecified atom stereocenters. The molecule has 10 nitrogen and oxygen atoms in total. The summed E-state index contributed by atoms with van der Waals surface area (Å²) in [5.41, 5.74) is 6.54. The van der Waals surface area contributed by atoms with Crippen molar-refractivity contribution in [3.63, 3.8) is 0 Å². The van der Waals surface area contributed by atoms with Gasteiger partial charge in [0.25, 0.3) is 0 Å². The highest BCUT2D eigenvalue weighted by Gasteiger charge is 2.40. The van der Waals surface area contributed by atoms with Crippen molar-refractivity contribution >= 4 is 17.5 Å². The first-order chi connectivity index (χ1) is 19.1. The number of imide groups is 1. The molecule has 2 saturated heterocycles. The number of amides is 2. The van der Waals surface area contributed by atoms with E-state index in [4.69, 9.17) is 5.10 Å². The molecule has 1 radical (unpaired) electrons. The quantitative estimate of drug-likeness (QED) is 0.286. The van der Waals surface area contributed by atoms with Crippen LogP contribution >= 0.6 is 0 Å². The maximum absolute atomic E-state index is 12.7. The van der Waals surface area contributed by atoms with Gasteiger partial charge in [-0.1, -0.05) is 23.4 Å². The zero-order chi connectivity index (χ0) is 26.9. The van der Waals surface area contributed by atoms with Gasteiger partial charge in [0.1, 0.15) is 11.9 Å². The molecule has 3 aromatic rings. The molecule has 2 N–H and O–H groups in total. The number of rotatable bonds is 6. The zero-order valence-corrected chi connectivity index (χ0v) is 21.6. The Morgan fingerprint density at radius 2 is 1.87 bits per heavy atom. The molecule has 6 rings (SSSR count). The van der Waals surface area contributed by atoms with E-state index in [2.05, 4.69) is 26.4 Å². The number of benzene rings is 1. The van der Waals surface area contributed by atoms with Gasteiger partial charge in [0.15, 0.2) is 0 Å². The van der Waals surface area contributed by atoms with Crippen LogP contribution in [0.25, 0.3) is 22.4 Å². The van der Waals surface area contributed by atoms with Gasteiger partial charge in [-0.25, -0.2) is 5.11 Å². The third-order valence-electron chi connectivity index (χ3n) is 8.32. The summed E-state index contributed by atoms with van der Waals surface area (Å²) in [6, 6.07) is 9.53. The third kappa shape index (κ3) is 4.74. The number of carbonyl (C=O) groups is 2. The number of hydrogen-bond donors (Lipinski definition) is 2. The van der Waals surface area contributed by atoms with Crippen molar-refractivity contribution in [3.8, 4) is 22.4 Å². The number of piperidine rings is 2. The van der Waals surface area contributed by atoms with Crippen LogP contribution < -0.4 is 5.32 Å². The molecule has 0 spiro atoms. The van der Waals surface area contributed by atoms with Crippen LogP contribution in [-0.4, -0.2) is 61.6 Å². The van der Waals surface area contributed by atoms with Crippen molar-refractivity contribution in [2.24, 2.45) is 11.1 Å². The van der Waals surface area contributed by atoms with E-state index in [1.807, 2.05) is 35.1 Å². The molecule has 3 aliphatic rings. The second-order valence-corrected chi connectivity index (χ2v) is 10.5. The Kier molecular flexibility index (Phi) is 6.97. The summed E-state index contributed by atoms with van der Waals surface area (Å²) in [6.45, 7) is 0.269. The van der Waals surface area contributed by atoms with Gasteiger partial charge in [-0.3, -0.25) is 29.5 Å². The van der Waals surface area contributed by atoms with Crippen molar-refractivity contribution in [3.05, 3.63) is 60.0 Å². The van der Waals surface area contributed by atoms with E-state index in [-0.39, 0.29) is 24.4 Å². The van der Waals surface area contributed by atoms with Crippen LogP contribution in [0.4, 0.5) is 0 Å². The van der Waals surface area contributed by atoms with Gasteiger partial charge in [-0.15, -0.1) is 0 Å². The van der Waals surface area contributed by atoms with Gasteiger partial charge in [-0.2, -0.15) is 5.10 Å². The fourth-order valence-corrected chi connectivity index (χ4v) is 6.35. The maximum Gasteiger partial charge on any atom is 0.231 e. The monoisotopic (exact) mass is 527 g/mol. The van der Waals surface area contributed by atoms with Crippen molar-refractivity contribution in [2.75, 3.05) is 13.2 Å². The third-order valence-corrected chi connectivity index (χ3v) is 8.32. The summed E-state index contributed by atoms with van der Waals surface area (Å²) in [4.78, 5) is 30.8.